The van der Waals surface area contributed by atoms with E-state index in [-0.39, 0.29) is 17.3 Å². The van der Waals surface area contributed by atoms with Crippen LogP contribution in [-0.4, -0.2) is 23.9 Å². The highest BCUT2D eigenvalue weighted by Crippen LogP contribution is 2.27. The van der Waals surface area contributed by atoms with Gasteiger partial charge in [0.2, 0.25) is 0 Å². The van der Waals surface area contributed by atoms with Gasteiger partial charge >= 0.3 is 0 Å². The lowest BCUT2D eigenvalue weighted by Gasteiger charge is -2.26. The van der Waals surface area contributed by atoms with Crippen LogP contribution in [0.1, 0.15) is 46.5 Å². The third kappa shape index (κ3) is 3.94. The number of likely N-dealkylation sites (tertiary alicyclic amines) is 1. The van der Waals surface area contributed by atoms with Crippen molar-refractivity contribution < 1.29 is 13.6 Å². The lowest BCUT2D eigenvalue weighted by atomic mass is 10.1. The number of nitrogens with one attached hydrogen (secondary N) is 1. The van der Waals surface area contributed by atoms with E-state index >= 15 is 0 Å². The second-order valence-corrected chi connectivity index (χ2v) is 7.51. The van der Waals surface area contributed by atoms with Crippen molar-refractivity contribution in [3.63, 3.8) is 0 Å². The summed E-state index contributed by atoms with van der Waals surface area (Å²) in [4.78, 5) is 15.0. The summed E-state index contributed by atoms with van der Waals surface area (Å²) in [6.45, 7) is 5.51. The summed E-state index contributed by atoms with van der Waals surface area (Å²) >= 11 is 0. The zero-order valence-electron chi connectivity index (χ0n) is 16.1. The Bertz CT molecular complexity index is 972. The molecule has 0 radical (unpaired) electrons. The molecule has 5 heteroatoms. The van der Waals surface area contributed by atoms with E-state index in [9.17, 15) is 9.18 Å². The first-order valence-electron chi connectivity index (χ1n) is 9.88. The van der Waals surface area contributed by atoms with E-state index in [4.69, 9.17) is 4.42 Å². The Morgan fingerprint density at radius 3 is 2.50 bits per heavy atom. The molecule has 0 unspecified atom stereocenters. The quantitative estimate of drug-likeness (QED) is 0.692. The molecule has 0 atom stereocenters. The Balaban J connectivity index is 1.38. The first-order valence-corrected chi connectivity index (χ1v) is 9.88. The molecule has 1 aromatic heterocycles. The van der Waals surface area contributed by atoms with E-state index in [1.807, 2.05) is 12.1 Å². The third-order valence-corrected chi connectivity index (χ3v) is 5.45. The minimum Gasteiger partial charge on any atom is -0.448 e. The van der Waals surface area contributed by atoms with Gasteiger partial charge < -0.3 is 9.73 Å². The molecular formula is C23H25FN2O2. The van der Waals surface area contributed by atoms with Crippen molar-refractivity contribution in [2.24, 2.45) is 0 Å². The van der Waals surface area contributed by atoms with E-state index in [1.54, 1.807) is 19.1 Å². The Morgan fingerprint density at radius 2 is 1.79 bits per heavy atom. The molecule has 0 saturated carbocycles. The standard InChI is InChI=1S/C23H25FN2O2/c1-16-19-6-5-7-20(24)22(19)28-21(16)23(27)25-14-17-8-10-18(11-9-17)15-26-12-3-2-4-13-26/h5-11H,2-4,12-15H2,1H3,(H,25,27). The summed E-state index contributed by atoms with van der Waals surface area (Å²) in [5, 5.41) is 3.50. The minimum atomic E-state index is -0.455. The van der Waals surface area contributed by atoms with Crippen LogP contribution in [-0.2, 0) is 13.1 Å². The third-order valence-electron chi connectivity index (χ3n) is 5.45. The number of carbonyl (C=O) groups is 1. The summed E-state index contributed by atoms with van der Waals surface area (Å²) in [7, 11) is 0. The van der Waals surface area contributed by atoms with E-state index in [0.29, 0.717) is 17.5 Å². The van der Waals surface area contributed by atoms with Crippen LogP contribution in [0.4, 0.5) is 4.39 Å². The SMILES string of the molecule is Cc1c(C(=O)NCc2ccc(CN3CCCCC3)cc2)oc2c(F)cccc12. The highest BCUT2D eigenvalue weighted by molar-refractivity contribution is 5.98. The zero-order valence-corrected chi connectivity index (χ0v) is 16.1. The van der Waals surface area contributed by atoms with Gasteiger partial charge in [-0.2, -0.15) is 0 Å². The van der Waals surface area contributed by atoms with Gasteiger partial charge in [0.05, 0.1) is 0 Å². The van der Waals surface area contributed by atoms with Gasteiger partial charge in [0, 0.05) is 24.0 Å². The summed E-state index contributed by atoms with van der Waals surface area (Å²) in [6.07, 6.45) is 3.91. The van der Waals surface area contributed by atoms with Gasteiger partial charge in [-0.1, -0.05) is 42.8 Å². The maximum atomic E-state index is 13.9. The van der Waals surface area contributed by atoms with Crippen molar-refractivity contribution >= 4 is 16.9 Å². The molecule has 0 bridgehead atoms. The smallest absolute Gasteiger partial charge is 0.287 e. The van der Waals surface area contributed by atoms with E-state index in [0.717, 1.165) is 12.1 Å². The molecule has 0 spiro atoms. The first kappa shape index (κ1) is 18.7. The van der Waals surface area contributed by atoms with Crippen molar-refractivity contribution in [3.8, 4) is 0 Å². The molecule has 2 heterocycles. The molecule has 1 fully saturated rings. The number of hydrogen-bond acceptors (Lipinski definition) is 3. The molecule has 0 aliphatic carbocycles. The maximum Gasteiger partial charge on any atom is 0.287 e. The van der Waals surface area contributed by atoms with Gasteiger partial charge in [-0.05, 0) is 50.0 Å². The second kappa shape index (κ2) is 8.15. The number of nitrogens with zero attached hydrogens (tertiary/aromatic N) is 1. The number of carbonyl (C=O) groups excluding carboxylic acids is 1. The highest BCUT2D eigenvalue weighted by Gasteiger charge is 2.19. The average molecular weight is 380 g/mol. The monoisotopic (exact) mass is 380 g/mol. The van der Waals surface area contributed by atoms with Crippen molar-refractivity contribution in [1.29, 1.82) is 0 Å². The van der Waals surface area contributed by atoms with Crippen LogP contribution in [0.2, 0.25) is 0 Å². The number of piperidine rings is 1. The van der Waals surface area contributed by atoms with Crippen molar-refractivity contribution in [3.05, 3.63) is 70.7 Å². The average Bonchev–Trinajstić information content (AvgIpc) is 3.06. The Hall–Kier alpha value is -2.66. The molecule has 1 saturated heterocycles. The Kier molecular flexibility index (Phi) is 5.44. The molecule has 4 nitrogen and oxygen atoms in total. The van der Waals surface area contributed by atoms with Crippen LogP contribution in [0.3, 0.4) is 0 Å². The van der Waals surface area contributed by atoms with E-state index in [1.165, 1.54) is 44.0 Å². The van der Waals surface area contributed by atoms with Gasteiger partial charge in [-0.25, -0.2) is 4.39 Å². The normalized spacial score (nSPS) is 15.1. The van der Waals surface area contributed by atoms with Crippen LogP contribution in [0, 0.1) is 12.7 Å². The summed E-state index contributed by atoms with van der Waals surface area (Å²) < 4.78 is 19.4. The van der Waals surface area contributed by atoms with E-state index < -0.39 is 5.82 Å². The highest BCUT2D eigenvalue weighted by atomic mass is 19.1. The number of aryl methyl sites for hydroxylation is 1. The molecular weight excluding hydrogens is 355 g/mol. The van der Waals surface area contributed by atoms with Gasteiger partial charge in [-0.3, -0.25) is 9.69 Å². The topological polar surface area (TPSA) is 45.5 Å². The minimum absolute atomic E-state index is 0.132. The fourth-order valence-corrected chi connectivity index (χ4v) is 3.83. The number of para-hydroxylation sites is 1. The second-order valence-electron chi connectivity index (χ2n) is 7.51. The van der Waals surface area contributed by atoms with Crippen LogP contribution in [0.15, 0.2) is 46.9 Å². The van der Waals surface area contributed by atoms with Gasteiger partial charge in [0.1, 0.15) is 0 Å². The fraction of sp³-hybridized carbons (Fsp3) is 0.348. The Morgan fingerprint density at radius 1 is 1.07 bits per heavy atom. The summed E-state index contributed by atoms with van der Waals surface area (Å²) in [5.74, 6) is -0.615. The molecule has 1 aliphatic heterocycles. The van der Waals surface area contributed by atoms with Gasteiger partial charge in [-0.15, -0.1) is 0 Å². The number of fused-ring (bicyclic) bond motifs is 1. The summed E-state index contributed by atoms with van der Waals surface area (Å²) in [6, 6.07) is 13.0. The molecule has 1 N–H and O–H groups in total. The fourth-order valence-electron chi connectivity index (χ4n) is 3.83. The molecule has 146 valence electrons. The molecule has 3 aromatic rings. The molecule has 4 rings (SSSR count). The predicted molar refractivity (Wildman–Crippen MR) is 108 cm³/mol. The molecule has 2 aromatic carbocycles. The maximum absolute atomic E-state index is 13.9. The van der Waals surface area contributed by atoms with Crippen LogP contribution >= 0.6 is 0 Å². The number of amides is 1. The van der Waals surface area contributed by atoms with Gasteiger partial charge in [0.15, 0.2) is 17.2 Å². The number of benzene rings is 2. The van der Waals surface area contributed by atoms with Crippen LogP contribution in [0.25, 0.3) is 11.0 Å². The number of furan rings is 1. The molecule has 1 amide bonds. The first-order chi connectivity index (χ1) is 13.6. The van der Waals surface area contributed by atoms with Crippen LogP contribution in [0.5, 0.6) is 0 Å². The predicted octanol–water partition coefficient (Wildman–Crippen LogP) is 4.80. The lowest BCUT2D eigenvalue weighted by Crippen LogP contribution is -2.29. The largest absolute Gasteiger partial charge is 0.448 e. The van der Waals surface area contributed by atoms with Crippen molar-refractivity contribution in [2.45, 2.75) is 39.3 Å². The van der Waals surface area contributed by atoms with Crippen molar-refractivity contribution in [1.82, 2.24) is 10.2 Å². The zero-order chi connectivity index (χ0) is 19.5. The molecule has 1 aliphatic rings. The number of hydrogen-bond donors (Lipinski definition) is 1. The lowest BCUT2D eigenvalue weighted by molar-refractivity contribution is 0.0924. The number of rotatable bonds is 5. The number of halogens is 1. The van der Waals surface area contributed by atoms with Crippen molar-refractivity contribution in [2.75, 3.05) is 13.1 Å². The molecule has 28 heavy (non-hydrogen) atoms. The Labute approximate surface area is 164 Å². The summed E-state index contributed by atoms with van der Waals surface area (Å²) in [5.41, 5.74) is 3.10. The van der Waals surface area contributed by atoms with E-state index in [2.05, 4.69) is 22.3 Å². The van der Waals surface area contributed by atoms with Gasteiger partial charge in [0.25, 0.3) is 5.91 Å². The van der Waals surface area contributed by atoms with Crippen LogP contribution < -0.4 is 5.32 Å².